The van der Waals surface area contributed by atoms with Gasteiger partial charge in [-0.25, -0.2) is 8.42 Å². The molecule has 0 fully saturated rings. The minimum atomic E-state index is -4.80. The van der Waals surface area contributed by atoms with E-state index in [0.29, 0.717) is 17.8 Å². The van der Waals surface area contributed by atoms with Gasteiger partial charge in [-0.2, -0.15) is 23.2 Å². The van der Waals surface area contributed by atoms with E-state index in [1.165, 1.54) is 0 Å². The first-order valence-electron chi connectivity index (χ1n) is 8.70. The van der Waals surface area contributed by atoms with Gasteiger partial charge in [0.1, 0.15) is 18.0 Å². The molecule has 0 aliphatic carbocycles. The molecule has 0 saturated heterocycles. The molecule has 0 aliphatic rings. The van der Waals surface area contributed by atoms with Crippen molar-refractivity contribution < 1.29 is 35.9 Å². The summed E-state index contributed by atoms with van der Waals surface area (Å²) >= 11 is 5.69. The van der Waals surface area contributed by atoms with Gasteiger partial charge in [-0.05, 0) is 30.3 Å². The summed E-state index contributed by atoms with van der Waals surface area (Å²) in [7, 11) is -4.60. The normalized spacial score (nSPS) is 11.5. The zero-order chi connectivity index (χ0) is 23.9. The number of para-hydroxylation sites is 1. The van der Waals surface area contributed by atoms with Crippen LogP contribution < -0.4 is 9.62 Å². The number of carbonyl (C=O) groups is 2. The number of anilines is 1. The summed E-state index contributed by atoms with van der Waals surface area (Å²) in [5.41, 5.74) is -0.857. The highest BCUT2D eigenvalue weighted by Gasteiger charge is 2.33. The molecule has 2 aromatic rings. The summed E-state index contributed by atoms with van der Waals surface area (Å²) in [5, 5.41) is 8.41. The molecule has 170 valence electrons. The van der Waals surface area contributed by atoms with Crippen molar-refractivity contribution in [3.8, 4) is 6.07 Å². The summed E-state index contributed by atoms with van der Waals surface area (Å²) < 4.78 is 69.5. The van der Waals surface area contributed by atoms with Crippen molar-refractivity contribution in [1.82, 2.24) is 4.72 Å². The highest BCUT2D eigenvalue weighted by atomic mass is 35.5. The van der Waals surface area contributed by atoms with E-state index in [1.807, 2.05) is 0 Å². The van der Waals surface area contributed by atoms with E-state index in [1.54, 1.807) is 41.1 Å². The first kappa shape index (κ1) is 25.1. The third-order valence-electron chi connectivity index (χ3n) is 3.91. The summed E-state index contributed by atoms with van der Waals surface area (Å²) in [6.45, 7) is -2.08. The summed E-state index contributed by atoms with van der Waals surface area (Å²) in [6, 6.07) is 11.6. The zero-order valence-electron chi connectivity index (χ0n) is 16.1. The molecule has 8 nitrogen and oxygen atoms in total. The smallest absolute Gasteiger partial charge is 0.416 e. The van der Waals surface area contributed by atoms with E-state index < -0.39 is 56.7 Å². The number of esters is 1. The molecule has 0 radical (unpaired) electrons. The summed E-state index contributed by atoms with van der Waals surface area (Å²) in [4.78, 5) is 24.3. The van der Waals surface area contributed by atoms with Crippen LogP contribution in [0.3, 0.4) is 0 Å². The lowest BCUT2D eigenvalue weighted by Gasteiger charge is -2.19. The number of ether oxygens (including phenoxy) is 1. The van der Waals surface area contributed by atoms with Crippen molar-refractivity contribution >= 4 is 39.2 Å². The number of nitriles is 1. The SMILES string of the molecule is N#CCN(C(=O)COC(=O)CNS(=O)(=O)c1cc(C(F)(F)F)ccc1Cl)c1ccccc1. The highest BCUT2D eigenvalue weighted by Crippen LogP contribution is 2.33. The number of benzene rings is 2. The van der Waals surface area contributed by atoms with Crippen molar-refractivity contribution in [2.24, 2.45) is 0 Å². The quantitative estimate of drug-likeness (QED) is 0.450. The zero-order valence-corrected chi connectivity index (χ0v) is 17.7. The lowest BCUT2D eigenvalue weighted by molar-refractivity contribution is -0.146. The number of alkyl halides is 3. The largest absolute Gasteiger partial charge is 0.455 e. The first-order chi connectivity index (χ1) is 15.0. The van der Waals surface area contributed by atoms with Gasteiger partial charge in [0.2, 0.25) is 10.0 Å². The van der Waals surface area contributed by atoms with E-state index in [2.05, 4.69) is 0 Å². The molecule has 1 amide bonds. The van der Waals surface area contributed by atoms with Gasteiger partial charge in [0.15, 0.2) is 6.61 Å². The minimum Gasteiger partial charge on any atom is -0.455 e. The average molecular weight is 490 g/mol. The van der Waals surface area contributed by atoms with Gasteiger partial charge in [-0.15, -0.1) is 0 Å². The molecule has 0 heterocycles. The minimum absolute atomic E-state index is 0.318. The van der Waals surface area contributed by atoms with Gasteiger partial charge >= 0.3 is 12.1 Å². The number of nitrogens with zero attached hydrogens (tertiary/aromatic N) is 2. The Morgan fingerprint density at radius 3 is 2.41 bits per heavy atom. The number of halogens is 4. The maximum Gasteiger partial charge on any atom is 0.416 e. The second kappa shape index (κ2) is 10.4. The topological polar surface area (TPSA) is 117 Å². The molecule has 0 aromatic heterocycles. The van der Waals surface area contributed by atoms with Crippen LogP contribution in [0.15, 0.2) is 53.4 Å². The number of sulfonamides is 1. The third kappa shape index (κ3) is 6.68. The molecule has 0 aliphatic heterocycles. The van der Waals surface area contributed by atoms with Crippen LogP contribution in [0.25, 0.3) is 0 Å². The Bertz CT molecular complexity index is 1140. The van der Waals surface area contributed by atoms with Gasteiger partial charge < -0.3 is 4.74 Å². The standard InChI is InChI=1S/C19H15ClF3N3O5S/c20-15-7-6-13(19(21,22)23)10-16(15)32(29,30)25-11-18(28)31-12-17(27)26(9-8-24)14-4-2-1-3-5-14/h1-7,10,25H,9,11-12H2. The Labute approximate surface area is 186 Å². The third-order valence-corrected chi connectivity index (χ3v) is 5.79. The van der Waals surface area contributed by atoms with Gasteiger partial charge in [-0.1, -0.05) is 29.8 Å². The number of nitrogens with one attached hydrogen (secondary N) is 1. The van der Waals surface area contributed by atoms with E-state index in [-0.39, 0.29) is 6.54 Å². The molecule has 0 atom stereocenters. The second-order valence-corrected chi connectivity index (χ2v) is 8.24. The molecule has 1 N–H and O–H groups in total. The Morgan fingerprint density at radius 1 is 1.16 bits per heavy atom. The average Bonchev–Trinajstić information content (AvgIpc) is 2.74. The Balaban J connectivity index is 2.00. The van der Waals surface area contributed by atoms with Crippen molar-refractivity contribution in [1.29, 1.82) is 5.26 Å². The second-order valence-electron chi connectivity index (χ2n) is 6.10. The van der Waals surface area contributed by atoms with Gasteiger partial charge in [-0.3, -0.25) is 14.5 Å². The Hall–Kier alpha value is -3.14. The van der Waals surface area contributed by atoms with E-state index in [4.69, 9.17) is 21.6 Å². The van der Waals surface area contributed by atoms with Gasteiger partial charge in [0, 0.05) is 5.69 Å². The first-order valence-corrected chi connectivity index (χ1v) is 10.6. The van der Waals surface area contributed by atoms with Crippen LogP contribution in [-0.2, 0) is 30.5 Å². The van der Waals surface area contributed by atoms with E-state index >= 15 is 0 Å². The number of carbonyl (C=O) groups excluding carboxylic acids is 2. The predicted molar refractivity (Wildman–Crippen MR) is 107 cm³/mol. The van der Waals surface area contributed by atoms with E-state index in [0.717, 1.165) is 11.0 Å². The number of hydrogen-bond donors (Lipinski definition) is 1. The Kier molecular flexibility index (Phi) is 8.20. The molecule has 0 saturated carbocycles. The maximum atomic E-state index is 12.8. The van der Waals surface area contributed by atoms with Crippen molar-refractivity contribution in [3.05, 3.63) is 59.1 Å². The van der Waals surface area contributed by atoms with Crippen LogP contribution in [-0.4, -0.2) is 40.0 Å². The molecule has 0 unspecified atom stereocenters. The fourth-order valence-electron chi connectivity index (χ4n) is 2.39. The van der Waals surface area contributed by atoms with Gasteiger partial charge in [0.25, 0.3) is 5.91 Å². The monoisotopic (exact) mass is 489 g/mol. The number of amides is 1. The van der Waals surface area contributed by atoms with Crippen LogP contribution in [0.5, 0.6) is 0 Å². The fourth-order valence-corrected chi connectivity index (χ4v) is 3.88. The van der Waals surface area contributed by atoms with Crippen LogP contribution in [0.2, 0.25) is 5.02 Å². The lowest BCUT2D eigenvalue weighted by Crippen LogP contribution is -2.37. The van der Waals surface area contributed by atoms with Crippen LogP contribution in [0, 0.1) is 11.3 Å². The van der Waals surface area contributed by atoms with Crippen molar-refractivity contribution in [2.75, 3.05) is 24.6 Å². The number of hydrogen-bond acceptors (Lipinski definition) is 6. The highest BCUT2D eigenvalue weighted by molar-refractivity contribution is 7.89. The van der Waals surface area contributed by atoms with Crippen molar-refractivity contribution in [3.63, 3.8) is 0 Å². The molecular weight excluding hydrogens is 475 g/mol. The lowest BCUT2D eigenvalue weighted by atomic mass is 10.2. The van der Waals surface area contributed by atoms with Crippen LogP contribution in [0.4, 0.5) is 18.9 Å². The molecular formula is C19H15ClF3N3O5S. The van der Waals surface area contributed by atoms with E-state index in [9.17, 15) is 31.2 Å². The molecule has 32 heavy (non-hydrogen) atoms. The fraction of sp³-hybridized carbons (Fsp3) is 0.211. The molecule has 13 heteroatoms. The maximum absolute atomic E-state index is 12.8. The van der Waals surface area contributed by atoms with Crippen LogP contribution >= 0.6 is 11.6 Å². The predicted octanol–water partition coefficient (Wildman–Crippen LogP) is 2.74. The van der Waals surface area contributed by atoms with Crippen LogP contribution in [0.1, 0.15) is 5.56 Å². The molecule has 0 bridgehead atoms. The summed E-state index contributed by atoms with van der Waals surface area (Å²) in [6.07, 6.45) is -4.80. The van der Waals surface area contributed by atoms with Crippen molar-refractivity contribution in [2.45, 2.75) is 11.1 Å². The van der Waals surface area contributed by atoms with Gasteiger partial charge in [0.05, 0.1) is 16.7 Å². The molecule has 2 aromatic carbocycles. The molecule has 0 spiro atoms. The molecule has 2 rings (SSSR count). The summed E-state index contributed by atoms with van der Waals surface area (Å²) in [5.74, 6) is -1.91. The Morgan fingerprint density at radius 2 is 1.81 bits per heavy atom. The number of rotatable bonds is 8.